The number of nitrogens with two attached hydrogens (primary N) is 1. The summed E-state index contributed by atoms with van der Waals surface area (Å²) in [6, 6.07) is 5.14. The summed E-state index contributed by atoms with van der Waals surface area (Å²) in [5.74, 6) is -0.398. The van der Waals surface area contributed by atoms with Gasteiger partial charge in [-0.2, -0.15) is 9.89 Å². The first kappa shape index (κ1) is 13.8. The Morgan fingerprint density at radius 1 is 1.45 bits per heavy atom. The fourth-order valence-electron chi connectivity index (χ4n) is 1.51. The highest BCUT2D eigenvalue weighted by Gasteiger charge is 2.14. The number of rotatable bonds is 3. The lowest BCUT2D eigenvalue weighted by molar-refractivity contribution is -0.384. The van der Waals surface area contributed by atoms with Gasteiger partial charge in [-0.15, -0.1) is 0 Å². The standard InChI is InChI=1S/C11H10ClN5O3/c1-6-9(12)10(13)16(14-6)15-11(18)7-2-4-8(5-3-7)17(19)20/h2-5H,13H2,1H3,(H,15,18). The van der Waals surface area contributed by atoms with Gasteiger partial charge in [0.15, 0.2) is 5.82 Å². The number of non-ortho nitro benzene ring substituents is 1. The smallest absolute Gasteiger partial charge is 0.271 e. The van der Waals surface area contributed by atoms with E-state index in [0.29, 0.717) is 5.69 Å². The van der Waals surface area contributed by atoms with Gasteiger partial charge >= 0.3 is 0 Å². The summed E-state index contributed by atoms with van der Waals surface area (Å²) in [4.78, 5) is 23.0. The maximum absolute atomic E-state index is 11.9. The molecule has 3 N–H and O–H groups in total. The van der Waals surface area contributed by atoms with E-state index in [-0.39, 0.29) is 22.1 Å². The first-order valence-corrected chi connectivity index (χ1v) is 5.84. The molecule has 1 aromatic heterocycles. The molecule has 0 aliphatic rings. The molecule has 0 saturated carbocycles. The van der Waals surface area contributed by atoms with Gasteiger partial charge in [0.1, 0.15) is 5.02 Å². The number of carbonyl (C=O) groups is 1. The van der Waals surface area contributed by atoms with Crippen LogP contribution < -0.4 is 11.2 Å². The highest BCUT2D eigenvalue weighted by molar-refractivity contribution is 6.33. The number of nitrogen functional groups attached to an aromatic ring is 1. The van der Waals surface area contributed by atoms with E-state index in [9.17, 15) is 14.9 Å². The highest BCUT2D eigenvalue weighted by Crippen LogP contribution is 2.21. The SMILES string of the molecule is Cc1nn(NC(=O)c2ccc([N+](=O)[O-])cc2)c(N)c1Cl. The zero-order chi connectivity index (χ0) is 14.9. The Labute approximate surface area is 118 Å². The second kappa shape index (κ2) is 5.17. The molecule has 0 aliphatic carbocycles. The summed E-state index contributed by atoms with van der Waals surface area (Å²) < 4.78 is 0. The number of aromatic nitrogens is 2. The molecule has 0 fully saturated rings. The first-order valence-electron chi connectivity index (χ1n) is 5.46. The number of carbonyl (C=O) groups excluding carboxylic acids is 1. The van der Waals surface area contributed by atoms with Crippen LogP contribution in [0, 0.1) is 17.0 Å². The van der Waals surface area contributed by atoms with Crippen LogP contribution in [0.25, 0.3) is 0 Å². The Balaban J connectivity index is 2.19. The van der Waals surface area contributed by atoms with Crippen molar-refractivity contribution in [3.05, 3.63) is 50.7 Å². The van der Waals surface area contributed by atoms with Gasteiger partial charge in [-0.1, -0.05) is 11.6 Å². The van der Waals surface area contributed by atoms with E-state index in [1.807, 2.05) is 0 Å². The minimum Gasteiger partial charge on any atom is -0.381 e. The third-order valence-electron chi connectivity index (χ3n) is 2.57. The number of amides is 1. The van der Waals surface area contributed by atoms with Crippen molar-refractivity contribution in [2.75, 3.05) is 11.2 Å². The average molecular weight is 296 g/mol. The van der Waals surface area contributed by atoms with E-state index in [2.05, 4.69) is 10.5 Å². The number of nitro groups is 1. The molecule has 0 radical (unpaired) electrons. The molecule has 0 saturated heterocycles. The van der Waals surface area contributed by atoms with Crippen LogP contribution in [-0.4, -0.2) is 20.7 Å². The van der Waals surface area contributed by atoms with E-state index in [1.165, 1.54) is 24.3 Å². The Hall–Kier alpha value is -2.61. The zero-order valence-electron chi connectivity index (χ0n) is 10.3. The summed E-state index contributed by atoms with van der Waals surface area (Å²) in [6.07, 6.45) is 0. The first-order chi connectivity index (χ1) is 9.40. The third kappa shape index (κ3) is 2.54. The van der Waals surface area contributed by atoms with Gasteiger partial charge in [-0.05, 0) is 19.1 Å². The maximum atomic E-state index is 11.9. The zero-order valence-corrected chi connectivity index (χ0v) is 11.1. The second-order valence-corrected chi connectivity index (χ2v) is 4.32. The van der Waals surface area contributed by atoms with Crippen LogP contribution in [-0.2, 0) is 0 Å². The number of halogens is 1. The summed E-state index contributed by atoms with van der Waals surface area (Å²) >= 11 is 5.85. The van der Waals surface area contributed by atoms with Gasteiger partial charge in [-0.3, -0.25) is 14.9 Å². The molecule has 9 heteroatoms. The lowest BCUT2D eigenvalue weighted by atomic mass is 10.2. The van der Waals surface area contributed by atoms with Crippen molar-refractivity contribution >= 4 is 29.0 Å². The predicted molar refractivity (Wildman–Crippen MR) is 73.2 cm³/mol. The molecule has 1 heterocycles. The van der Waals surface area contributed by atoms with Crippen LogP contribution in [0.1, 0.15) is 16.1 Å². The predicted octanol–water partition coefficient (Wildman–Crippen LogP) is 1.72. The monoisotopic (exact) mass is 295 g/mol. The molecule has 104 valence electrons. The third-order valence-corrected chi connectivity index (χ3v) is 3.04. The molecule has 0 bridgehead atoms. The van der Waals surface area contributed by atoms with Crippen LogP contribution in [0.3, 0.4) is 0 Å². The van der Waals surface area contributed by atoms with E-state index < -0.39 is 10.8 Å². The molecular weight excluding hydrogens is 286 g/mol. The Bertz CT molecular complexity index is 680. The number of anilines is 1. The molecule has 0 unspecified atom stereocenters. The molecular formula is C11H10ClN5O3. The van der Waals surface area contributed by atoms with Gasteiger partial charge in [-0.25, -0.2) is 5.43 Å². The topological polar surface area (TPSA) is 116 Å². The molecule has 2 rings (SSSR count). The average Bonchev–Trinajstić information content (AvgIpc) is 2.66. The highest BCUT2D eigenvalue weighted by atomic mass is 35.5. The number of nitrogens with zero attached hydrogens (tertiary/aromatic N) is 3. The molecule has 8 nitrogen and oxygen atoms in total. The van der Waals surface area contributed by atoms with Crippen LogP contribution >= 0.6 is 11.6 Å². The summed E-state index contributed by atoms with van der Waals surface area (Å²) in [7, 11) is 0. The minimum atomic E-state index is -0.545. The largest absolute Gasteiger partial charge is 0.381 e. The number of nitrogens with one attached hydrogen (secondary N) is 1. The van der Waals surface area contributed by atoms with Crippen molar-refractivity contribution in [2.24, 2.45) is 0 Å². The van der Waals surface area contributed by atoms with Crippen molar-refractivity contribution < 1.29 is 9.72 Å². The van der Waals surface area contributed by atoms with Gasteiger partial charge in [0.2, 0.25) is 0 Å². The Morgan fingerprint density at radius 2 is 2.05 bits per heavy atom. The minimum absolute atomic E-state index is 0.0981. The van der Waals surface area contributed by atoms with Crippen molar-refractivity contribution in [2.45, 2.75) is 6.92 Å². The van der Waals surface area contributed by atoms with Crippen LogP contribution in [0.15, 0.2) is 24.3 Å². The number of benzene rings is 1. The summed E-state index contributed by atoms with van der Waals surface area (Å²) in [5, 5.41) is 14.7. The van der Waals surface area contributed by atoms with Crippen molar-refractivity contribution in [1.29, 1.82) is 0 Å². The van der Waals surface area contributed by atoms with Crippen molar-refractivity contribution in [3.63, 3.8) is 0 Å². The lowest BCUT2D eigenvalue weighted by Gasteiger charge is -2.06. The fraction of sp³-hybridized carbons (Fsp3) is 0.0909. The number of hydrogen-bond donors (Lipinski definition) is 2. The van der Waals surface area contributed by atoms with Crippen molar-refractivity contribution in [3.8, 4) is 0 Å². The fourth-order valence-corrected chi connectivity index (χ4v) is 1.62. The molecule has 0 aliphatic heterocycles. The van der Waals surface area contributed by atoms with Gasteiger partial charge in [0.25, 0.3) is 11.6 Å². The van der Waals surface area contributed by atoms with E-state index in [0.717, 1.165) is 4.79 Å². The second-order valence-electron chi connectivity index (χ2n) is 3.94. The number of hydrogen-bond acceptors (Lipinski definition) is 5. The molecule has 0 atom stereocenters. The van der Waals surface area contributed by atoms with Crippen LogP contribution in [0.4, 0.5) is 11.5 Å². The van der Waals surface area contributed by atoms with E-state index in [1.54, 1.807) is 6.92 Å². The van der Waals surface area contributed by atoms with E-state index >= 15 is 0 Å². The molecule has 2 aromatic rings. The summed E-state index contributed by atoms with van der Waals surface area (Å²) in [6.45, 7) is 1.65. The Morgan fingerprint density at radius 3 is 2.50 bits per heavy atom. The van der Waals surface area contributed by atoms with Crippen LogP contribution in [0.2, 0.25) is 5.02 Å². The van der Waals surface area contributed by atoms with Gasteiger partial charge in [0.05, 0.1) is 10.6 Å². The Kier molecular flexibility index (Phi) is 3.57. The van der Waals surface area contributed by atoms with E-state index in [4.69, 9.17) is 17.3 Å². The number of aryl methyl sites for hydroxylation is 1. The molecule has 0 spiro atoms. The van der Waals surface area contributed by atoms with Gasteiger partial charge < -0.3 is 5.73 Å². The molecule has 1 amide bonds. The van der Waals surface area contributed by atoms with Crippen LogP contribution in [0.5, 0.6) is 0 Å². The maximum Gasteiger partial charge on any atom is 0.271 e. The molecule has 20 heavy (non-hydrogen) atoms. The van der Waals surface area contributed by atoms with Crippen molar-refractivity contribution in [1.82, 2.24) is 9.89 Å². The van der Waals surface area contributed by atoms with Gasteiger partial charge in [0, 0.05) is 17.7 Å². The quantitative estimate of drug-likeness (QED) is 0.660. The lowest BCUT2D eigenvalue weighted by Crippen LogP contribution is -2.25. The number of nitro benzene ring substituents is 1. The molecule has 1 aromatic carbocycles. The summed E-state index contributed by atoms with van der Waals surface area (Å²) in [5.41, 5.74) is 8.70. The normalized spacial score (nSPS) is 10.3.